The SMILES string of the molecule is CC(=O)Nc1cccc2ccc(-c3ccc(S(=O)(=O)O)c(S(=O)(=O)O)c3S(=O)(=O)O)cc12. The van der Waals surface area contributed by atoms with Gasteiger partial charge in [-0.1, -0.05) is 30.3 Å². The van der Waals surface area contributed by atoms with Crippen LogP contribution in [-0.4, -0.2) is 44.8 Å². The molecule has 170 valence electrons. The zero-order valence-electron chi connectivity index (χ0n) is 16.0. The molecule has 0 radical (unpaired) electrons. The van der Waals surface area contributed by atoms with Gasteiger partial charge in [0.15, 0.2) is 0 Å². The molecule has 0 saturated carbocycles. The Labute approximate surface area is 182 Å². The Kier molecular flexibility index (Phi) is 5.88. The maximum absolute atomic E-state index is 12.1. The Morgan fingerprint density at radius 1 is 0.781 bits per heavy atom. The summed E-state index contributed by atoms with van der Waals surface area (Å²) in [5.74, 6) is -0.396. The Hall–Kier alpha value is -2.88. The Morgan fingerprint density at radius 3 is 1.94 bits per heavy atom. The molecule has 32 heavy (non-hydrogen) atoms. The van der Waals surface area contributed by atoms with E-state index in [1.807, 2.05) is 0 Å². The van der Waals surface area contributed by atoms with Crippen LogP contribution in [0.15, 0.2) is 63.2 Å². The van der Waals surface area contributed by atoms with Crippen molar-refractivity contribution in [3.63, 3.8) is 0 Å². The number of nitrogens with one attached hydrogen (secondary N) is 1. The third-order valence-electron chi connectivity index (χ3n) is 4.37. The average molecular weight is 502 g/mol. The molecule has 14 heteroatoms. The summed E-state index contributed by atoms with van der Waals surface area (Å²) in [6, 6.07) is 10.5. The molecule has 3 rings (SSSR count). The Bertz CT molecular complexity index is 1590. The van der Waals surface area contributed by atoms with Crippen molar-refractivity contribution in [3.8, 4) is 11.1 Å². The van der Waals surface area contributed by atoms with Crippen molar-refractivity contribution in [2.75, 3.05) is 5.32 Å². The number of anilines is 1. The molecule has 0 bridgehead atoms. The molecule has 0 aliphatic carbocycles. The normalized spacial score (nSPS) is 12.6. The maximum atomic E-state index is 12.1. The number of benzene rings is 3. The molecule has 0 aromatic heterocycles. The molecule has 0 spiro atoms. The molecular formula is C18H15NO10S3. The first kappa shape index (κ1) is 23.8. The highest BCUT2D eigenvalue weighted by molar-refractivity contribution is 7.90. The van der Waals surface area contributed by atoms with Gasteiger partial charge in [0, 0.05) is 23.6 Å². The van der Waals surface area contributed by atoms with Gasteiger partial charge in [-0.2, -0.15) is 25.3 Å². The molecule has 3 aromatic rings. The van der Waals surface area contributed by atoms with Crippen molar-refractivity contribution in [2.45, 2.75) is 21.6 Å². The fraction of sp³-hybridized carbons (Fsp3) is 0.0556. The highest BCUT2D eigenvalue weighted by atomic mass is 32.2. The fourth-order valence-corrected chi connectivity index (χ4v) is 6.59. The fourth-order valence-electron chi connectivity index (χ4n) is 3.21. The van der Waals surface area contributed by atoms with Gasteiger partial charge in [-0.25, -0.2) is 0 Å². The largest absolute Gasteiger partial charge is 0.326 e. The van der Waals surface area contributed by atoms with Crippen molar-refractivity contribution in [1.29, 1.82) is 0 Å². The zero-order chi connectivity index (χ0) is 24.1. The topological polar surface area (TPSA) is 192 Å². The minimum atomic E-state index is -5.56. The van der Waals surface area contributed by atoms with Crippen LogP contribution in [0.25, 0.3) is 21.9 Å². The minimum Gasteiger partial charge on any atom is -0.326 e. The van der Waals surface area contributed by atoms with Crippen LogP contribution in [0.5, 0.6) is 0 Å². The summed E-state index contributed by atoms with van der Waals surface area (Å²) in [5, 5.41) is 3.60. The van der Waals surface area contributed by atoms with Crippen molar-refractivity contribution in [1.82, 2.24) is 0 Å². The van der Waals surface area contributed by atoms with Gasteiger partial charge in [0.2, 0.25) is 5.91 Å². The first-order valence-electron chi connectivity index (χ1n) is 8.51. The first-order chi connectivity index (χ1) is 14.6. The third-order valence-corrected chi connectivity index (χ3v) is 7.41. The second kappa shape index (κ2) is 7.91. The molecule has 4 N–H and O–H groups in total. The highest BCUT2D eigenvalue weighted by Gasteiger charge is 2.35. The maximum Gasteiger partial charge on any atom is 0.297 e. The van der Waals surface area contributed by atoms with Gasteiger partial charge in [0.25, 0.3) is 30.4 Å². The van der Waals surface area contributed by atoms with E-state index in [0.29, 0.717) is 22.5 Å². The number of amides is 1. The number of carbonyl (C=O) groups excluding carboxylic acids is 1. The predicted octanol–water partition coefficient (Wildman–Crippen LogP) is 2.21. The van der Waals surface area contributed by atoms with E-state index in [4.69, 9.17) is 0 Å². The molecule has 0 fully saturated rings. The molecule has 0 unspecified atom stereocenters. The van der Waals surface area contributed by atoms with E-state index in [-0.39, 0.29) is 5.56 Å². The van der Waals surface area contributed by atoms with E-state index in [9.17, 15) is 43.7 Å². The van der Waals surface area contributed by atoms with Gasteiger partial charge in [-0.3, -0.25) is 18.5 Å². The molecule has 0 aliphatic heterocycles. The van der Waals surface area contributed by atoms with E-state index < -0.39 is 56.5 Å². The first-order valence-corrected chi connectivity index (χ1v) is 12.8. The Balaban J connectivity index is 2.49. The molecular weight excluding hydrogens is 486 g/mol. The lowest BCUT2D eigenvalue weighted by atomic mass is 10.00. The minimum absolute atomic E-state index is 0.00489. The number of rotatable bonds is 5. The number of hydrogen-bond donors (Lipinski definition) is 4. The lowest BCUT2D eigenvalue weighted by Crippen LogP contribution is -2.15. The third kappa shape index (κ3) is 4.64. The van der Waals surface area contributed by atoms with Crippen molar-refractivity contribution in [3.05, 3.63) is 48.5 Å². The van der Waals surface area contributed by atoms with E-state index in [1.165, 1.54) is 25.1 Å². The summed E-state index contributed by atoms with van der Waals surface area (Å²) in [5.41, 5.74) is -0.142. The molecule has 1 amide bonds. The van der Waals surface area contributed by atoms with Crippen LogP contribution in [0.1, 0.15) is 6.92 Å². The van der Waals surface area contributed by atoms with E-state index in [0.717, 1.165) is 6.07 Å². The van der Waals surface area contributed by atoms with Crippen molar-refractivity contribution >= 4 is 52.7 Å². The van der Waals surface area contributed by atoms with Gasteiger partial charge in [-0.05, 0) is 29.1 Å². The van der Waals surface area contributed by atoms with Crippen LogP contribution in [0, 0.1) is 0 Å². The summed E-state index contributed by atoms with van der Waals surface area (Å²) in [7, 11) is -16.3. The molecule has 11 nitrogen and oxygen atoms in total. The number of carbonyl (C=O) groups is 1. The Morgan fingerprint density at radius 2 is 1.41 bits per heavy atom. The second-order valence-electron chi connectivity index (χ2n) is 6.62. The molecule has 3 aromatic carbocycles. The summed E-state index contributed by atoms with van der Waals surface area (Å²) in [4.78, 5) is 6.91. The molecule has 0 aliphatic rings. The van der Waals surface area contributed by atoms with Crippen molar-refractivity contribution < 1.29 is 43.7 Å². The van der Waals surface area contributed by atoms with Crippen LogP contribution in [0.4, 0.5) is 5.69 Å². The van der Waals surface area contributed by atoms with E-state index >= 15 is 0 Å². The van der Waals surface area contributed by atoms with Crippen LogP contribution < -0.4 is 5.32 Å². The van der Waals surface area contributed by atoms with E-state index in [2.05, 4.69) is 5.32 Å². The van der Waals surface area contributed by atoms with Crippen molar-refractivity contribution in [2.24, 2.45) is 0 Å². The molecule has 0 heterocycles. The van der Waals surface area contributed by atoms with Gasteiger partial charge in [0.05, 0.1) is 0 Å². The zero-order valence-corrected chi connectivity index (χ0v) is 18.5. The highest BCUT2D eigenvalue weighted by Crippen LogP contribution is 2.38. The number of fused-ring (bicyclic) bond motifs is 1. The summed E-state index contributed by atoms with van der Waals surface area (Å²) in [6.07, 6.45) is 0. The van der Waals surface area contributed by atoms with Crippen LogP contribution >= 0.6 is 0 Å². The molecule has 0 saturated heterocycles. The average Bonchev–Trinajstić information content (AvgIpc) is 2.64. The summed E-state index contributed by atoms with van der Waals surface area (Å²) >= 11 is 0. The summed E-state index contributed by atoms with van der Waals surface area (Å²) in [6.45, 7) is 1.27. The monoisotopic (exact) mass is 501 g/mol. The second-order valence-corrected chi connectivity index (χ2v) is 10.7. The smallest absolute Gasteiger partial charge is 0.297 e. The summed E-state index contributed by atoms with van der Waals surface area (Å²) < 4.78 is 99.8. The number of hydrogen-bond acceptors (Lipinski definition) is 7. The van der Waals surface area contributed by atoms with Crippen LogP contribution in [0.2, 0.25) is 0 Å². The lowest BCUT2D eigenvalue weighted by Gasteiger charge is -2.15. The van der Waals surface area contributed by atoms with E-state index in [1.54, 1.807) is 18.2 Å². The van der Waals surface area contributed by atoms with Crippen LogP contribution in [-0.2, 0) is 35.1 Å². The van der Waals surface area contributed by atoms with Gasteiger partial charge >= 0.3 is 0 Å². The predicted molar refractivity (Wildman–Crippen MR) is 113 cm³/mol. The standard InChI is InChI=1S/C18H15NO10S3/c1-10(20)19-15-4-2-3-11-5-6-12(9-14(11)15)13-7-8-16(30(21,22)23)18(32(27,28)29)17(13)31(24,25)26/h2-9H,1H3,(H,19,20)(H,21,22,23)(H,24,25,26)(H,27,28,29). The van der Waals surface area contributed by atoms with Gasteiger partial charge in [-0.15, -0.1) is 0 Å². The van der Waals surface area contributed by atoms with Crippen LogP contribution in [0.3, 0.4) is 0 Å². The molecule has 0 atom stereocenters. The lowest BCUT2D eigenvalue weighted by molar-refractivity contribution is -0.114. The quantitative estimate of drug-likeness (QED) is 0.377. The van der Waals surface area contributed by atoms with Gasteiger partial charge in [0.1, 0.15) is 14.7 Å². The van der Waals surface area contributed by atoms with Gasteiger partial charge < -0.3 is 5.32 Å².